The molecule has 0 saturated carbocycles. The molecule has 160 valence electrons. The Morgan fingerprint density at radius 2 is 1.52 bits per heavy atom. The highest BCUT2D eigenvalue weighted by molar-refractivity contribution is 6.33. The molecule has 0 atom stereocenters. The van der Waals surface area contributed by atoms with Crippen molar-refractivity contribution in [2.75, 3.05) is 13.9 Å². The maximum atomic E-state index is 12.5. The Hall–Kier alpha value is -2.17. The molecule has 0 aliphatic heterocycles. The first kappa shape index (κ1) is 24.9. The minimum atomic E-state index is -4.56. The van der Waals surface area contributed by atoms with Crippen molar-refractivity contribution < 1.29 is 45.7 Å². The van der Waals surface area contributed by atoms with Gasteiger partial charge in [0.15, 0.2) is 13.1 Å². The number of aldehydes is 1. The summed E-state index contributed by atoms with van der Waals surface area (Å²) in [5.74, 6) is -0.753. The fraction of sp³-hybridized carbons (Fsp3) is 0.235. The number of ether oxygens (including phenoxy) is 2. The van der Waals surface area contributed by atoms with Gasteiger partial charge in [-0.25, -0.2) is 0 Å². The molecule has 0 heterocycles. The Morgan fingerprint density at radius 3 is 1.97 bits per heavy atom. The molecule has 0 aromatic heterocycles. The molecule has 2 aromatic carbocycles. The van der Waals surface area contributed by atoms with Crippen molar-refractivity contribution in [1.29, 1.82) is 0 Å². The number of hydrogen-bond acceptors (Lipinski definition) is 4. The van der Waals surface area contributed by atoms with Gasteiger partial charge in [-0.1, -0.05) is 23.2 Å². The molecule has 1 N–H and O–H groups in total. The summed E-state index contributed by atoms with van der Waals surface area (Å²) in [6, 6.07) is 3.78. The van der Waals surface area contributed by atoms with Gasteiger partial charge < -0.3 is 14.6 Å². The van der Waals surface area contributed by atoms with E-state index in [0.29, 0.717) is 24.5 Å². The van der Waals surface area contributed by atoms with Gasteiger partial charge in [0, 0.05) is 12.1 Å². The average molecular weight is 465 g/mol. The molecule has 0 amide bonds. The third-order valence-electron chi connectivity index (χ3n) is 3.08. The second-order valence-electron chi connectivity index (χ2n) is 5.23. The number of hydrogen-bond donors (Lipinski definition) is 1. The van der Waals surface area contributed by atoms with Gasteiger partial charge in [-0.05, 0) is 30.3 Å². The zero-order valence-electron chi connectivity index (χ0n) is 14.4. The van der Waals surface area contributed by atoms with E-state index in [2.05, 4.69) is 4.74 Å². The van der Waals surface area contributed by atoms with Crippen LogP contribution in [0.15, 0.2) is 30.3 Å². The van der Waals surface area contributed by atoms with E-state index < -0.39 is 29.2 Å². The van der Waals surface area contributed by atoms with Gasteiger partial charge in [0.1, 0.15) is 11.5 Å². The van der Waals surface area contributed by atoms with Crippen molar-refractivity contribution in [2.24, 2.45) is 0 Å². The summed E-state index contributed by atoms with van der Waals surface area (Å²) in [4.78, 5) is 10.7. The molecular formula is C17H12Cl2F6O4. The lowest BCUT2D eigenvalue weighted by Gasteiger charge is -2.13. The van der Waals surface area contributed by atoms with Crippen LogP contribution in [0.5, 0.6) is 11.5 Å². The second kappa shape index (κ2) is 10.0. The molecule has 4 nitrogen and oxygen atoms in total. The molecular weight excluding hydrogens is 453 g/mol. The van der Waals surface area contributed by atoms with Gasteiger partial charge in [0.2, 0.25) is 0 Å². The molecule has 29 heavy (non-hydrogen) atoms. The highest BCUT2D eigenvalue weighted by atomic mass is 35.5. The Morgan fingerprint density at radius 1 is 0.966 bits per heavy atom. The molecule has 0 aliphatic rings. The number of carbonyl (C=O) groups is 1. The topological polar surface area (TPSA) is 55.8 Å². The highest BCUT2D eigenvalue weighted by Gasteiger charge is 2.32. The molecule has 2 aromatic rings. The first-order valence-electron chi connectivity index (χ1n) is 7.34. The van der Waals surface area contributed by atoms with Crippen molar-refractivity contribution in [3.05, 3.63) is 57.1 Å². The van der Waals surface area contributed by atoms with Crippen LogP contribution in [0.3, 0.4) is 0 Å². The molecule has 2 rings (SSSR count). The largest absolute Gasteiger partial charge is 0.508 e. The first-order chi connectivity index (χ1) is 13.3. The van der Waals surface area contributed by atoms with Crippen LogP contribution in [0.25, 0.3) is 0 Å². The molecule has 0 bridgehead atoms. The van der Waals surface area contributed by atoms with Crippen LogP contribution in [0, 0.1) is 0 Å². The lowest BCUT2D eigenvalue weighted by molar-refractivity contribution is -0.138. The number of phenolic OH excluding ortho intramolecular Hbond substituents is 1. The van der Waals surface area contributed by atoms with E-state index in [9.17, 15) is 31.1 Å². The SMILES string of the molecule is COCOc1cc(C(F)(F)F)cc(Cl)c1C=O.Oc1cc(Cl)cc(C(F)(F)F)c1. The summed E-state index contributed by atoms with van der Waals surface area (Å²) in [5.41, 5.74) is -2.08. The van der Waals surface area contributed by atoms with Crippen LogP contribution in [0.4, 0.5) is 26.3 Å². The summed E-state index contributed by atoms with van der Waals surface area (Å²) < 4.78 is 82.8. The van der Waals surface area contributed by atoms with Crippen molar-refractivity contribution in [1.82, 2.24) is 0 Å². The van der Waals surface area contributed by atoms with Gasteiger partial charge in [0.05, 0.1) is 21.7 Å². The van der Waals surface area contributed by atoms with Gasteiger partial charge in [-0.15, -0.1) is 0 Å². The third kappa shape index (κ3) is 7.64. The van der Waals surface area contributed by atoms with Crippen molar-refractivity contribution >= 4 is 29.5 Å². The lowest BCUT2D eigenvalue weighted by atomic mass is 10.1. The molecule has 0 radical (unpaired) electrons. The van der Waals surface area contributed by atoms with E-state index in [1.54, 1.807) is 0 Å². The van der Waals surface area contributed by atoms with Crippen LogP contribution >= 0.6 is 23.2 Å². The van der Waals surface area contributed by atoms with E-state index >= 15 is 0 Å². The van der Waals surface area contributed by atoms with E-state index in [1.807, 2.05) is 0 Å². The molecule has 0 aliphatic carbocycles. The van der Waals surface area contributed by atoms with Crippen molar-refractivity contribution in [3.8, 4) is 11.5 Å². The van der Waals surface area contributed by atoms with Crippen molar-refractivity contribution in [3.63, 3.8) is 0 Å². The number of halogens is 8. The summed E-state index contributed by atoms with van der Waals surface area (Å²) in [6.07, 6.45) is -8.70. The summed E-state index contributed by atoms with van der Waals surface area (Å²) in [7, 11) is 1.30. The molecule has 12 heteroatoms. The number of aromatic hydroxyl groups is 1. The number of alkyl halides is 6. The van der Waals surface area contributed by atoms with Gasteiger partial charge in [0.25, 0.3) is 0 Å². The predicted octanol–water partition coefficient (Wildman–Crippen LogP) is 6.22. The number of carbonyl (C=O) groups excluding carboxylic acids is 1. The summed E-state index contributed by atoms with van der Waals surface area (Å²) in [5, 5.41) is 8.32. The van der Waals surface area contributed by atoms with Crippen LogP contribution in [-0.4, -0.2) is 25.3 Å². The minimum absolute atomic E-state index is 0.137. The van der Waals surface area contributed by atoms with Crippen LogP contribution in [0.1, 0.15) is 21.5 Å². The Balaban J connectivity index is 0.000000308. The van der Waals surface area contributed by atoms with Crippen LogP contribution < -0.4 is 4.74 Å². The molecule has 0 spiro atoms. The van der Waals surface area contributed by atoms with E-state index in [4.69, 9.17) is 33.0 Å². The fourth-order valence-corrected chi connectivity index (χ4v) is 2.33. The van der Waals surface area contributed by atoms with E-state index in [1.165, 1.54) is 7.11 Å². The van der Waals surface area contributed by atoms with Crippen molar-refractivity contribution in [2.45, 2.75) is 12.4 Å². The Kier molecular flexibility index (Phi) is 8.61. The molecule has 0 saturated heterocycles. The Labute approximate surface area is 170 Å². The first-order valence-corrected chi connectivity index (χ1v) is 8.09. The minimum Gasteiger partial charge on any atom is -0.508 e. The number of methoxy groups -OCH3 is 1. The normalized spacial score (nSPS) is 11.5. The predicted molar refractivity (Wildman–Crippen MR) is 92.5 cm³/mol. The number of benzene rings is 2. The van der Waals surface area contributed by atoms with Gasteiger partial charge in [-0.3, -0.25) is 4.79 Å². The fourth-order valence-electron chi connectivity index (χ4n) is 1.85. The monoisotopic (exact) mass is 464 g/mol. The summed E-state index contributed by atoms with van der Waals surface area (Å²) in [6.45, 7) is -0.279. The lowest BCUT2D eigenvalue weighted by Crippen LogP contribution is -2.08. The molecule has 0 unspecified atom stereocenters. The number of phenols is 1. The third-order valence-corrected chi connectivity index (χ3v) is 3.61. The Bertz CT molecular complexity index is 833. The van der Waals surface area contributed by atoms with Gasteiger partial charge in [-0.2, -0.15) is 26.3 Å². The maximum Gasteiger partial charge on any atom is 0.416 e. The molecule has 0 fully saturated rings. The highest BCUT2D eigenvalue weighted by Crippen LogP contribution is 2.36. The van der Waals surface area contributed by atoms with Gasteiger partial charge >= 0.3 is 12.4 Å². The zero-order chi connectivity index (χ0) is 22.4. The quantitative estimate of drug-likeness (QED) is 0.331. The van der Waals surface area contributed by atoms with Crippen LogP contribution in [0.2, 0.25) is 10.0 Å². The van der Waals surface area contributed by atoms with E-state index in [0.717, 1.165) is 12.1 Å². The smallest absolute Gasteiger partial charge is 0.416 e. The zero-order valence-corrected chi connectivity index (χ0v) is 15.9. The average Bonchev–Trinajstić information content (AvgIpc) is 2.57. The maximum absolute atomic E-state index is 12.5. The summed E-state index contributed by atoms with van der Waals surface area (Å²) >= 11 is 10.9. The van der Waals surface area contributed by atoms with E-state index in [-0.39, 0.29) is 28.2 Å². The number of rotatable bonds is 4. The standard InChI is InChI=1S/C10H8ClF3O3.C7H4ClF3O/c1-16-5-17-9-3-6(10(12,13)14)2-8(11)7(9)4-15;8-5-1-4(7(9,10)11)2-6(12)3-5/h2-4H,5H2,1H3;1-3,12H. The second-order valence-corrected chi connectivity index (χ2v) is 6.08. The van der Waals surface area contributed by atoms with Crippen LogP contribution in [-0.2, 0) is 17.1 Å².